The number of nitrogens with one attached hydrogen (secondary N) is 1. The van der Waals surface area contributed by atoms with Crippen LogP contribution in [0.1, 0.15) is 20.3 Å². The minimum Gasteiger partial charge on any atom is -0.305 e. The Morgan fingerprint density at radius 1 is 1.62 bits per heavy atom. The van der Waals surface area contributed by atoms with Crippen molar-refractivity contribution in [3.63, 3.8) is 0 Å². The van der Waals surface area contributed by atoms with Gasteiger partial charge in [0.2, 0.25) is 0 Å². The third-order valence-corrected chi connectivity index (χ3v) is 2.38. The van der Waals surface area contributed by atoms with Gasteiger partial charge in [-0.25, -0.2) is 0 Å². The topological polar surface area (TPSA) is 32.3 Å². The second-order valence-electron chi connectivity index (χ2n) is 4.33. The van der Waals surface area contributed by atoms with Crippen molar-refractivity contribution in [2.45, 2.75) is 26.3 Å². The molecule has 76 valence electrons. The number of nitrogens with zero attached hydrogens (tertiary/aromatic N) is 1. The normalized spacial score (nSPS) is 25.1. The van der Waals surface area contributed by atoms with Crippen LogP contribution in [0.25, 0.3) is 0 Å². The van der Waals surface area contributed by atoms with E-state index >= 15 is 0 Å². The van der Waals surface area contributed by atoms with Gasteiger partial charge in [-0.3, -0.25) is 4.79 Å². The first-order chi connectivity index (χ1) is 6.09. The second-order valence-corrected chi connectivity index (χ2v) is 4.33. The van der Waals surface area contributed by atoms with Crippen LogP contribution < -0.4 is 5.32 Å². The molecule has 1 fully saturated rings. The summed E-state index contributed by atoms with van der Waals surface area (Å²) in [4.78, 5) is 13.9. The van der Waals surface area contributed by atoms with Crippen molar-refractivity contribution in [3.05, 3.63) is 0 Å². The molecule has 1 saturated heterocycles. The summed E-state index contributed by atoms with van der Waals surface area (Å²) in [5.41, 5.74) is 0. The van der Waals surface area contributed by atoms with Gasteiger partial charge in [0, 0.05) is 26.1 Å². The largest absolute Gasteiger partial charge is 0.305 e. The van der Waals surface area contributed by atoms with Gasteiger partial charge >= 0.3 is 0 Å². The Balaban J connectivity index is 2.37. The number of ketones is 1. The quantitative estimate of drug-likeness (QED) is 0.693. The van der Waals surface area contributed by atoms with Crippen LogP contribution in [0.4, 0.5) is 0 Å². The highest BCUT2D eigenvalue weighted by molar-refractivity contribution is 5.84. The van der Waals surface area contributed by atoms with Crippen LogP contribution in [0.3, 0.4) is 0 Å². The van der Waals surface area contributed by atoms with E-state index in [2.05, 4.69) is 31.1 Å². The number of piperazine rings is 1. The Morgan fingerprint density at radius 3 is 2.85 bits per heavy atom. The van der Waals surface area contributed by atoms with Gasteiger partial charge in [0.25, 0.3) is 0 Å². The fourth-order valence-corrected chi connectivity index (χ4v) is 1.66. The highest BCUT2D eigenvalue weighted by Gasteiger charge is 2.23. The van der Waals surface area contributed by atoms with Crippen LogP contribution in [0.5, 0.6) is 0 Å². The summed E-state index contributed by atoms with van der Waals surface area (Å²) >= 11 is 0. The summed E-state index contributed by atoms with van der Waals surface area (Å²) in [5, 5.41) is 3.26. The molecule has 1 atom stereocenters. The van der Waals surface area contributed by atoms with Gasteiger partial charge in [0.15, 0.2) is 5.78 Å². The molecule has 0 aliphatic carbocycles. The molecular weight excluding hydrogens is 164 g/mol. The number of likely N-dealkylation sites (N-methyl/N-ethyl adjacent to an activating group) is 1. The number of Topliss-reactive ketones (excluding diaryl/α,β-unsaturated/α-hetero) is 1. The zero-order chi connectivity index (χ0) is 9.84. The van der Waals surface area contributed by atoms with Gasteiger partial charge in [-0.1, -0.05) is 13.8 Å². The van der Waals surface area contributed by atoms with E-state index in [9.17, 15) is 4.79 Å². The highest BCUT2D eigenvalue weighted by Crippen LogP contribution is 2.06. The molecule has 0 aromatic rings. The maximum absolute atomic E-state index is 11.7. The third-order valence-electron chi connectivity index (χ3n) is 2.38. The minimum absolute atomic E-state index is 0.0705. The van der Waals surface area contributed by atoms with Crippen LogP contribution in [0.15, 0.2) is 0 Å². The zero-order valence-electron chi connectivity index (χ0n) is 8.84. The lowest BCUT2D eigenvalue weighted by Crippen LogP contribution is -2.52. The molecular formula is C10H20N2O. The Hall–Kier alpha value is -0.410. The van der Waals surface area contributed by atoms with E-state index in [-0.39, 0.29) is 6.04 Å². The smallest absolute Gasteiger partial charge is 0.151 e. The SMILES string of the molecule is CC(C)CC(=O)C1CN(C)CCN1. The van der Waals surface area contributed by atoms with E-state index in [0.717, 1.165) is 19.6 Å². The monoisotopic (exact) mass is 184 g/mol. The van der Waals surface area contributed by atoms with Crippen molar-refractivity contribution in [2.75, 3.05) is 26.7 Å². The summed E-state index contributed by atoms with van der Waals surface area (Å²) in [5.74, 6) is 0.836. The molecule has 0 aromatic heterocycles. The van der Waals surface area contributed by atoms with Crippen LogP contribution >= 0.6 is 0 Å². The van der Waals surface area contributed by atoms with E-state index in [1.54, 1.807) is 0 Å². The molecule has 0 amide bonds. The Morgan fingerprint density at radius 2 is 2.31 bits per heavy atom. The number of rotatable bonds is 3. The van der Waals surface area contributed by atoms with Gasteiger partial charge in [-0.15, -0.1) is 0 Å². The summed E-state index contributed by atoms with van der Waals surface area (Å²) in [6, 6.07) is 0.0705. The molecule has 1 rings (SSSR count). The summed E-state index contributed by atoms with van der Waals surface area (Å²) < 4.78 is 0. The molecule has 1 heterocycles. The molecule has 0 radical (unpaired) electrons. The maximum Gasteiger partial charge on any atom is 0.151 e. The second kappa shape index (κ2) is 4.72. The summed E-state index contributed by atoms with van der Waals surface area (Å²) in [6.07, 6.45) is 0.700. The Bertz CT molecular complexity index is 180. The highest BCUT2D eigenvalue weighted by atomic mass is 16.1. The first-order valence-electron chi connectivity index (χ1n) is 5.04. The van der Waals surface area contributed by atoms with Crippen LogP contribution in [0, 0.1) is 5.92 Å². The van der Waals surface area contributed by atoms with Gasteiger partial charge in [0.1, 0.15) is 0 Å². The molecule has 1 aliphatic rings. The fraction of sp³-hybridized carbons (Fsp3) is 0.900. The fourth-order valence-electron chi connectivity index (χ4n) is 1.66. The Labute approximate surface area is 80.5 Å². The average Bonchev–Trinajstić information content (AvgIpc) is 2.03. The molecule has 0 spiro atoms. The Kier molecular flexibility index (Phi) is 3.88. The summed E-state index contributed by atoms with van der Waals surface area (Å²) in [6.45, 7) is 7.02. The average molecular weight is 184 g/mol. The van der Waals surface area contributed by atoms with Crippen molar-refractivity contribution >= 4 is 5.78 Å². The number of hydrogen-bond donors (Lipinski definition) is 1. The minimum atomic E-state index is 0.0705. The first-order valence-corrected chi connectivity index (χ1v) is 5.04. The van der Waals surface area contributed by atoms with Crippen molar-refractivity contribution in [3.8, 4) is 0 Å². The number of carbonyl (C=O) groups is 1. The molecule has 3 heteroatoms. The van der Waals surface area contributed by atoms with E-state index in [1.165, 1.54) is 0 Å². The molecule has 1 N–H and O–H groups in total. The molecule has 0 saturated carbocycles. The third kappa shape index (κ3) is 3.44. The van der Waals surface area contributed by atoms with Gasteiger partial charge in [0.05, 0.1) is 6.04 Å². The standard InChI is InChI=1S/C10H20N2O/c1-8(2)6-10(13)9-7-12(3)5-4-11-9/h8-9,11H,4-7H2,1-3H3. The molecule has 1 unspecified atom stereocenters. The van der Waals surface area contributed by atoms with Crippen molar-refractivity contribution in [1.29, 1.82) is 0 Å². The summed E-state index contributed by atoms with van der Waals surface area (Å²) in [7, 11) is 2.07. The van der Waals surface area contributed by atoms with Crippen molar-refractivity contribution < 1.29 is 4.79 Å². The van der Waals surface area contributed by atoms with Crippen LogP contribution in [0.2, 0.25) is 0 Å². The predicted molar refractivity (Wildman–Crippen MR) is 53.7 cm³/mol. The van der Waals surface area contributed by atoms with Gasteiger partial charge in [-0.05, 0) is 13.0 Å². The number of carbonyl (C=O) groups excluding carboxylic acids is 1. The lowest BCUT2D eigenvalue weighted by Gasteiger charge is -2.30. The molecule has 13 heavy (non-hydrogen) atoms. The lowest BCUT2D eigenvalue weighted by molar-refractivity contribution is -0.122. The van der Waals surface area contributed by atoms with E-state index in [0.29, 0.717) is 18.1 Å². The van der Waals surface area contributed by atoms with E-state index < -0.39 is 0 Å². The zero-order valence-corrected chi connectivity index (χ0v) is 8.84. The molecule has 0 aromatic carbocycles. The molecule has 1 aliphatic heterocycles. The lowest BCUT2D eigenvalue weighted by atomic mass is 10.0. The van der Waals surface area contributed by atoms with Crippen molar-refractivity contribution in [1.82, 2.24) is 10.2 Å². The molecule has 0 bridgehead atoms. The first kappa shape index (κ1) is 10.7. The maximum atomic E-state index is 11.7. The van der Waals surface area contributed by atoms with Crippen LogP contribution in [-0.4, -0.2) is 43.4 Å². The van der Waals surface area contributed by atoms with Gasteiger partial charge in [-0.2, -0.15) is 0 Å². The predicted octanol–water partition coefficient (Wildman–Crippen LogP) is 0.505. The van der Waals surface area contributed by atoms with Crippen molar-refractivity contribution in [2.24, 2.45) is 5.92 Å². The van der Waals surface area contributed by atoms with Gasteiger partial charge < -0.3 is 10.2 Å². The van der Waals surface area contributed by atoms with Crippen LogP contribution in [-0.2, 0) is 4.79 Å². The molecule has 3 nitrogen and oxygen atoms in total. The van der Waals surface area contributed by atoms with E-state index in [1.807, 2.05) is 0 Å². The number of hydrogen-bond acceptors (Lipinski definition) is 3. The van der Waals surface area contributed by atoms with E-state index in [4.69, 9.17) is 0 Å².